The van der Waals surface area contributed by atoms with Crippen molar-refractivity contribution in [2.24, 2.45) is 0 Å². The molecule has 0 bridgehead atoms. The third-order valence-electron chi connectivity index (χ3n) is 7.19. The lowest BCUT2D eigenvalue weighted by Gasteiger charge is -2.38. The van der Waals surface area contributed by atoms with E-state index in [4.69, 9.17) is 18.3 Å². The molecule has 3 rings (SSSR count). The summed E-state index contributed by atoms with van der Waals surface area (Å²) in [6.07, 6.45) is 4.19. The molecule has 0 saturated carbocycles. The van der Waals surface area contributed by atoms with E-state index < -0.39 is 16.6 Å². The second kappa shape index (κ2) is 8.87. The van der Waals surface area contributed by atoms with Crippen molar-refractivity contribution in [2.75, 3.05) is 6.79 Å². The maximum absolute atomic E-state index is 6.78. The predicted molar refractivity (Wildman–Crippen MR) is 144 cm³/mol. The first-order valence-electron chi connectivity index (χ1n) is 11.7. The van der Waals surface area contributed by atoms with Crippen LogP contribution in [0.3, 0.4) is 0 Å². The van der Waals surface area contributed by atoms with E-state index >= 15 is 0 Å². The standard InChI is InChI=1S/C27H40O4Si2/c1-26(2,3)32(7,8)30-22-15-14-21(24(18-22)31-33(9,10)27(4,5)6)13-11-20-12-16-23-25(17-20)29-19-28-23/h11-18H,19H2,1-10H3/b13-11+. The Morgan fingerprint density at radius 3 is 1.97 bits per heavy atom. The fraction of sp³-hybridized carbons (Fsp3) is 0.481. The monoisotopic (exact) mass is 484 g/mol. The molecule has 0 atom stereocenters. The number of rotatable bonds is 6. The summed E-state index contributed by atoms with van der Waals surface area (Å²) >= 11 is 0. The molecule has 180 valence electrons. The quantitative estimate of drug-likeness (QED) is 0.305. The average Bonchev–Trinajstić information content (AvgIpc) is 3.13. The summed E-state index contributed by atoms with van der Waals surface area (Å²) in [6.45, 7) is 22.9. The van der Waals surface area contributed by atoms with Gasteiger partial charge in [0, 0.05) is 11.6 Å². The normalized spacial score (nSPS) is 14.6. The van der Waals surface area contributed by atoms with E-state index in [1.807, 2.05) is 18.2 Å². The Balaban J connectivity index is 1.96. The van der Waals surface area contributed by atoms with Crippen molar-refractivity contribution in [3.63, 3.8) is 0 Å². The second-order valence-electron chi connectivity index (χ2n) is 11.9. The summed E-state index contributed by atoms with van der Waals surface area (Å²) in [6, 6.07) is 12.2. The molecule has 0 aromatic heterocycles. The Morgan fingerprint density at radius 2 is 1.33 bits per heavy atom. The van der Waals surface area contributed by atoms with E-state index in [2.05, 4.69) is 98.1 Å². The topological polar surface area (TPSA) is 36.9 Å². The van der Waals surface area contributed by atoms with Crippen molar-refractivity contribution in [2.45, 2.75) is 77.8 Å². The molecule has 0 radical (unpaired) electrons. The predicted octanol–water partition coefficient (Wildman–Crippen LogP) is 8.35. The van der Waals surface area contributed by atoms with Crippen molar-refractivity contribution < 1.29 is 18.3 Å². The Labute approximate surface area is 202 Å². The minimum absolute atomic E-state index is 0.0988. The van der Waals surface area contributed by atoms with Crippen LogP contribution in [-0.2, 0) is 0 Å². The van der Waals surface area contributed by atoms with E-state index in [0.29, 0.717) is 0 Å². The van der Waals surface area contributed by atoms with Gasteiger partial charge in [-0.05, 0) is 66.1 Å². The zero-order valence-corrected chi connectivity index (χ0v) is 24.0. The van der Waals surface area contributed by atoms with Crippen LogP contribution in [0.15, 0.2) is 36.4 Å². The summed E-state index contributed by atoms with van der Waals surface area (Å²) < 4.78 is 24.3. The minimum atomic E-state index is -2.03. The molecule has 6 heteroatoms. The van der Waals surface area contributed by atoms with Gasteiger partial charge in [-0.3, -0.25) is 0 Å². The summed E-state index contributed by atoms with van der Waals surface area (Å²) in [7, 11) is -3.98. The van der Waals surface area contributed by atoms with Gasteiger partial charge in [-0.15, -0.1) is 0 Å². The van der Waals surface area contributed by atoms with Crippen molar-refractivity contribution in [1.29, 1.82) is 0 Å². The third-order valence-corrected chi connectivity index (χ3v) is 15.9. The molecule has 4 nitrogen and oxygen atoms in total. The second-order valence-corrected chi connectivity index (χ2v) is 21.3. The van der Waals surface area contributed by atoms with Crippen molar-refractivity contribution >= 4 is 28.8 Å². The number of benzene rings is 2. The molecule has 0 fully saturated rings. The number of fused-ring (bicyclic) bond motifs is 1. The largest absolute Gasteiger partial charge is 0.543 e. The maximum atomic E-state index is 6.78. The van der Waals surface area contributed by atoms with E-state index in [9.17, 15) is 0 Å². The van der Waals surface area contributed by atoms with Gasteiger partial charge >= 0.3 is 0 Å². The molecular weight excluding hydrogens is 444 g/mol. The maximum Gasteiger partial charge on any atom is 0.250 e. The van der Waals surface area contributed by atoms with E-state index in [1.54, 1.807) is 0 Å². The molecule has 0 spiro atoms. The fourth-order valence-corrected chi connectivity index (χ4v) is 4.94. The Hall–Kier alpha value is -2.19. The van der Waals surface area contributed by atoms with E-state index in [1.165, 1.54) is 0 Å². The Morgan fingerprint density at radius 1 is 0.727 bits per heavy atom. The van der Waals surface area contributed by atoms with Crippen LogP contribution in [0.1, 0.15) is 52.7 Å². The lowest BCUT2D eigenvalue weighted by atomic mass is 10.1. The molecular formula is C27H40O4Si2. The lowest BCUT2D eigenvalue weighted by molar-refractivity contribution is 0.174. The highest BCUT2D eigenvalue weighted by molar-refractivity contribution is 6.75. The van der Waals surface area contributed by atoms with Crippen molar-refractivity contribution in [1.82, 2.24) is 0 Å². The highest BCUT2D eigenvalue weighted by Crippen LogP contribution is 2.42. The minimum Gasteiger partial charge on any atom is -0.543 e. The molecule has 1 aliphatic heterocycles. The Kier molecular flexibility index (Phi) is 6.84. The van der Waals surface area contributed by atoms with Crippen LogP contribution in [-0.4, -0.2) is 23.4 Å². The number of ether oxygens (including phenoxy) is 2. The first kappa shape index (κ1) is 25.4. The van der Waals surface area contributed by atoms with Gasteiger partial charge in [0.2, 0.25) is 15.1 Å². The van der Waals surface area contributed by atoms with Crippen molar-refractivity contribution in [3.8, 4) is 23.0 Å². The molecule has 1 heterocycles. The molecule has 2 aromatic rings. The number of hydrogen-bond acceptors (Lipinski definition) is 4. The lowest BCUT2D eigenvalue weighted by Crippen LogP contribution is -2.44. The van der Waals surface area contributed by atoms with Crippen LogP contribution in [0.5, 0.6) is 23.0 Å². The van der Waals surface area contributed by atoms with Gasteiger partial charge in [0.15, 0.2) is 11.5 Å². The molecule has 0 aliphatic carbocycles. The molecule has 1 aliphatic rings. The van der Waals surface area contributed by atoms with Gasteiger partial charge in [0.1, 0.15) is 11.5 Å². The van der Waals surface area contributed by atoms with Crippen LogP contribution in [0, 0.1) is 0 Å². The van der Waals surface area contributed by atoms with Gasteiger partial charge in [-0.25, -0.2) is 0 Å². The third kappa shape index (κ3) is 5.85. The Bertz CT molecular complexity index is 1030. The molecule has 33 heavy (non-hydrogen) atoms. The summed E-state index contributed by atoms with van der Waals surface area (Å²) in [4.78, 5) is 0. The van der Waals surface area contributed by atoms with Crippen LogP contribution in [0.2, 0.25) is 36.3 Å². The fourth-order valence-electron chi connectivity index (χ4n) is 2.88. The molecule has 0 saturated heterocycles. The highest BCUT2D eigenvalue weighted by Gasteiger charge is 2.40. The molecule has 0 amide bonds. The molecule has 0 unspecified atom stereocenters. The van der Waals surface area contributed by atoms with Crippen molar-refractivity contribution in [3.05, 3.63) is 47.5 Å². The van der Waals surface area contributed by atoms with Gasteiger partial charge in [0.25, 0.3) is 8.32 Å². The zero-order valence-electron chi connectivity index (χ0n) is 22.0. The zero-order chi connectivity index (χ0) is 24.7. The summed E-state index contributed by atoms with van der Waals surface area (Å²) in [5.41, 5.74) is 2.10. The van der Waals surface area contributed by atoms with E-state index in [0.717, 1.165) is 34.1 Å². The van der Waals surface area contributed by atoms with E-state index in [-0.39, 0.29) is 16.9 Å². The first-order valence-corrected chi connectivity index (χ1v) is 17.5. The molecule has 2 aromatic carbocycles. The summed E-state index contributed by atoms with van der Waals surface area (Å²) in [5.74, 6) is 3.35. The van der Waals surface area contributed by atoms with Gasteiger partial charge in [-0.1, -0.05) is 59.8 Å². The van der Waals surface area contributed by atoms with Gasteiger partial charge in [0.05, 0.1) is 0 Å². The van der Waals surface area contributed by atoms with Crippen LogP contribution >= 0.6 is 0 Å². The smallest absolute Gasteiger partial charge is 0.250 e. The first-order chi connectivity index (χ1) is 15.1. The average molecular weight is 485 g/mol. The van der Waals surface area contributed by atoms with Crippen LogP contribution in [0.25, 0.3) is 12.2 Å². The highest BCUT2D eigenvalue weighted by atomic mass is 28.4. The summed E-state index contributed by atoms with van der Waals surface area (Å²) in [5, 5.41) is 0.229. The van der Waals surface area contributed by atoms with Crippen LogP contribution < -0.4 is 18.3 Å². The SMILES string of the molecule is CC(C)(C)[Si](C)(C)Oc1ccc(/C=C/c2ccc3c(c2)OCO3)c(O[Si](C)(C)C(C)(C)C)c1. The van der Waals surface area contributed by atoms with Crippen LogP contribution in [0.4, 0.5) is 0 Å². The molecule has 0 N–H and O–H groups in total. The van der Waals surface area contributed by atoms with Gasteiger partial charge in [-0.2, -0.15) is 0 Å². The van der Waals surface area contributed by atoms with Gasteiger partial charge < -0.3 is 18.3 Å². The number of hydrogen-bond donors (Lipinski definition) is 0.